The van der Waals surface area contributed by atoms with Crippen LogP contribution in [0.15, 0.2) is 24.3 Å². The second kappa shape index (κ2) is 7.25. The van der Waals surface area contributed by atoms with Gasteiger partial charge in [-0.15, -0.1) is 11.8 Å². The number of rotatable bonds is 4. The molecule has 1 unspecified atom stereocenters. The maximum absolute atomic E-state index is 12.1. The zero-order valence-corrected chi connectivity index (χ0v) is 14.7. The van der Waals surface area contributed by atoms with Crippen molar-refractivity contribution in [2.75, 3.05) is 12.9 Å². The van der Waals surface area contributed by atoms with Gasteiger partial charge in [-0.3, -0.25) is 4.79 Å². The van der Waals surface area contributed by atoms with Crippen molar-refractivity contribution in [1.82, 2.24) is 5.32 Å². The number of hydrogen-bond donors (Lipinski definition) is 1. The zero-order chi connectivity index (χ0) is 17.0. The Morgan fingerprint density at radius 1 is 1.30 bits per heavy atom. The van der Waals surface area contributed by atoms with Gasteiger partial charge in [0.2, 0.25) is 0 Å². The Hall–Kier alpha value is -1.69. The number of thioether (sulfide) groups is 1. The molecule has 0 spiro atoms. The lowest BCUT2D eigenvalue weighted by Gasteiger charge is -2.24. The number of nitrogens with one attached hydrogen (secondary N) is 1. The second-order valence-corrected chi connectivity index (χ2v) is 7.59. The number of fused-ring (bicyclic) bond motifs is 1. The van der Waals surface area contributed by atoms with Gasteiger partial charge in [-0.2, -0.15) is 0 Å². The predicted molar refractivity (Wildman–Crippen MR) is 90.5 cm³/mol. The number of amides is 1. The van der Waals surface area contributed by atoms with Gasteiger partial charge in [0, 0.05) is 0 Å². The van der Waals surface area contributed by atoms with Crippen LogP contribution in [0.2, 0.25) is 0 Å². The molecule has 1 aliphatic rings. The van der Waals surface area contributed by atoms with Gasteiger partial charge < -0.3 is 14.8 Å². The Balaban J connectivity index is 2.08. The monoisotopic (exact) mass is 337 g/mol. The van der Waals surface area contributed by atoms with Gasteiger partial charge in [-0.1, -0.05) is 24.3 Å². The average Bonchev–Trinajstić information content (AvgIpc) is 2.79. The van der Waals surface area contributed by atoms with E-state index in [1.807, 2.05) is 39.0 Å². The van der Waals surface area contributed by atoms with Crippen LogP contribution >= 0.6 is 11.8 Å². The second-order valence-electron chi connectivity index (χ2n) is 6.46. The fraction of sp³-hybridized carbons (Fsp3) is 0.529. The standard InChI is InChI=1S/C17H23NO4S/c1-17(2,3)22-16(20)18-13-9-11-7-5-6-8-12(11)15(13)23-10-14(19)21-4/h5-8,13,15H,9-10H2,1-4H3,(H,18,20)/t13?,15-/m1/s1. The number of esters is 1. The molecule has 5 nitrogen and oxygen atoms in total. The van der Waals surface area contributed by atoms with E-state index in [0.717, 1.165) is 12.0 Å². The van der Waals surface area contributed by atoms with Crippen molar-refractivity contribution in [2.45, 2.75) is 44.1 Å². The van der Waals surface area contributed by atoms with Gasteiger partial charge in [-0.25, -0.2) is 4.79 Å². The van der Waals surface area contributed by atoms with Crippen molar-refractivity contribution in [3.05, 3.63) is 35.4 Å². The summed E-state index contributed by atoms with van der Waals surface area (Å²) in [6, 6.07) is 7.95. The van der Waals surface area contributed by atoms with Crippen molar-refractivity contribution in [1.29, 1.82) is 0 Å². The van der Waals surface area contributed by atoms with E-state index in [9.17, 15) is 9.59 Å². The number of ether oxygens (including phenoxy) is 2. The molecule has 6 heteroatoms. The molecule has 1 aromatic rings. The van der Waals surface area contributed by atoms with Crippen LogP contribution < -0.4 is 5.32 Å². The lowest BCUT2D eigenvalue weighted by atomic mass is 10.1. The Morgan fingerprint density at radius 3 is 2.65 bits per heavy atom. The molecule has 0 aliphatic heterocycles. The molecule has 2 rings (SSSR count). The number of hydrogen-bond acceptors (Lipinski definition) is 5. The first-order valence-corrected chi connectivity index (χ1v) is 8.61. The Morgan fingerprint density at radius 2 is 2.00 bits per heavy atom. The van der Waals surface area contributed by atoms with E-state index in [2.05, 4.69) is 11.4 Å². The Labute approximate surface area is 141 Å². The quantitative estimate of drug-likeness (QED) is 0.856. The van der Waals surface area contributed by atoms with Crippen molar-refractivity contribution < 1.29 is 19.1 Å². The molecule has 1 aromatic carbocycles. The van der Waals surface area contributed by atoms with E-state index in [-0.39, 0.29) is 23.0 Å². The molecule has 0 saturated carbocycles. The molecular formula is C17H23NO4S. The van der Waals surface area contributed by atoms with E-state index in [1.54, 1.807) is 0 Å². The summed E-state index contributed by atoms with van der Waals surface area (Å²) in [7, 11) is 1.38. The minimum absolute atomic E-state index is 0.0119. The summed E-state index contributed by atoms with van der Waals surface area (Å²) in [5, 5.41) is 2.95. The number of carbonyl (C=O) groups is 2. The number of benzene rings is 1. The number of methoxy groups -OCH3 is 1. The molecule has 126 valence electrons. The van der Waals surface area contributed by atoms with Crippen LogP contribution in [0.1, 0.15) is 37.1 Å². The van der Waals surface area contributed by atoms with E-state index in [4.69, 9.17) is 9.47 Å². The first-order valence-electron chi connectivity index (χ1n) is 7.56. The first kappa shape index (κ1) is 17.7. The van der Waals surface area contributed by atoms with Crippen LogP contribution in [-0.4, -0.2) is 36.6 Å². The fourth-order valence-corrected chi connectivity index (χ4v) is 3.81. The summed E-state index contributed by atoms with van der Waals surface area (Å²) in [5.41, 5.74) is 1.81. The highest BCUT2D eigenvalue weighted by Gasteiger charge is 2.35. The zero-order valence-electron chi connectivity index (χ0n) is 13.9. The lowest BCUT2D eigenvalue weighted by Crippen LogP contribution is -2.40. The summed E-state index contributed by atoms with van der Waals surface area (Å²) in [4.78, 5) is 23.5. The number of carbonyl (C=O) groups excluding carboxylic acids is 2. The first-order chi connectivity index (χ1) is 10.8. The maximum atomic E-state index is 12.1. The van der Waals surface area contributed by atoms with Crippen molar-refractivity contribution in [2.24, 2.45) is 0 Å². The normalized spacial score (nSPS) is 19.8. The summed E-state index contributed by atoms with van der Waals surface area (Å²) < 4.78 is 10.1. The Kier molecular flexibility index (Phi) is 5.57. The topological polar surface area (TPSA) is 64.6 Å². The molecular weight excluding hydrogens is 314 g/mol. The third kappa shape index (κ3) is 4.89. The van der Waals surface area contributed by atoms with Crippen LogP contribution in [0.3, 0.4) is 0 Å². The molecule has 0 heterocycles. The highest BCUT2D eigenvalue weighted by Crippen LogP contribution is 2.41. The minimum Gasteiger partial charge on any atom is -0.468 e. The third-order valence-corrected chi connectivity index (χ3v) is 4.82. The van der Waals surface area contributed by atoms with Crippen LogP contribution in [0.25, 0.3) is 0 Å². The maximum Gasteiger partial charge on any atom is 0.407 e. The third-order valence-electron chi connectivity index (χ3n) is 3.48. The van der Waals surface area contributed by atoms with Crippen molar-refractivity contribution in [3.8, 4) is 0 Å². The Bertz CT molecular complexity index is 582. The summed E-state index contributed by atoms with van der Waals surface area (Å²) >= 11 is 1.48. The van der Waals surface area contributed by atoms with E-state index in [1.165, 1.54) is 24.4 Å². The molecule has 0 saturated heterocycles. The molecule has 23 heavy (non-hydrogen) atoms. The van der Waals surface area contributed by atoms with E-state index < -0.39 is 11.7 Å². The van der Waals surface area contributed by atoms with Gasteiger partial charge in [0.05, 0.1) is 24.2 Å². The number of alkyl carbamates (subject to hydrolysis) is 1. The summed E-state index contributed by atoms with van der Waals surface area (Å²) in [5.74, 6) is -0.0162. The van der Waals surface area contributed by atoms with Crippen molar-refractivity contribution in [3.63, 3.8) is 0 Å². The fourth-order valence-electron chi connectivity index (χ4n) is 2.57. The molecule has 1 N–H and O–H groups in total. The van der Waals surface area contributed by atoms with Gasteiger partial charge >= 0.3 is 12.1 Å². The highest BCUT2D eigenvalue weighted by atomic mass is 32.2. The van der Waals surface area contributed by atoms with Gasteiger partial charge in [0.25, 0.3) is 0 Å². The summed E-state index contributed by atoms with van der Waals surface area (Å²) in [6.07, 6.45) is 0.299. The smallest absolute Gasteiger partial charge is 0.407 e. The largest absolute Gasteiger partial charge is 0.468 e. The summed E-state index contributed by atoms with van der Waals surface area (Å²) in [6.45, 7) is 5.50. The molecule has 2 atom stereocenters. The van der Waals surface area contributed by atoms with Gasteiger partial charge in [0.15, 0.2) is 0 Å². The highest BCUT2D eigenvalue weighted by molar-refractivity contribution is 8.00. The predicted octanol–water partition coefficient (Wildman–Crippen LogP) is 3.08. The van der Waals surface area contributed by atoms with Crippen LogP contribution in [0.4, 0.5) is 4.79 Å². The molecule has 0 radical (unpaired) electrons. The molecule has 1 amide bonds. The molecule has 1 aliphatic carbocycles. The van der Waals surface area contributed by atoms with Crippen LogP contribution in [0, 0.1) is 0 Å². The van der Waals surface area contributed by atoms with Crippen molar-refractivity contribution >= 4 is 23.8 Å². The van der Waals surface area contributed by atoms with Crippen LogP contribution in [-0.2, 0) is 20.7 Å². The lowest BCUT2D eigenvalue weighted by molar-refractivity contribution is -0.137. The molecule has 0 aromatic heterocycles. The molecule has 0 fully saturated rings. The van der Waals surface area contributed by atoms with E-state index >= 15 is 0 Å². The molecule has 0 bridgehead atoms. The average molecular weight is 337 g/mol. The SMILES string of the molecule is COC(=O)CS[C@@H]1c2ccccc2CC1NC(=O)OC(C)(C)C. The van der Waals surface area contributed by atoms with Crippen LogP contribution in [0.5, 0.6) is 0 Å². The van der Waals surface area contributed by atoms with Gasteiger partial charge in [-0.05, 0) is 38.3 Å². The van der Waals surface area contributed by atoms with E-state index in [0.29, 0.717) is 0 Å². The minimum atomic E-state index is -0.538. The van der Waals surface area contributed by atoms with Gasteiger partial charge in [0.1, 0.15) is 5.60 Å².